The van der Waals surface area contributed by atoms with Gasteiger partial charge in [-0.25, -0.2) is 0 Å². The Morgan fingerprint density at radius 2 is 2.25 bits per heavy atom. The maximum atomic E-state index is 12.3. The number of rotatable bonds is 5. The van der Waals surface area contributed by atoms with Gasteiger partial charge in [0.15, 0.2) is 0 Å². The van der Waals surface area contributed by atoms with Gasteiger partial charge in [0, 0.05) is 11.4 Å². The second-order valence-electron chi connectivity index (χ2n) is 5.13. The van der Waals surface area contributed by atoms with Crippen molar-refractivity contribution in [2.75, 3.05) is 0 Å². The van der Waals surface area contributed by atoms with Gasteiger partial charge in [-0.1, -0.05) is 13.8 Å². The number of nitrogens with one attached hydrogen (secondary N) is 1. The molecule has 0 atom stereocenters. The first kappa shape index (κ1) is 14.8. The Morgan fingerprint density at radius 1 is 1.50 bits per heavy atom. The van der Waals surface area contributed by atoms with Crippen LogP contribution >= 0.6 is 11.3 Å². The summed E-state index contributed by atoms with van der Waals surface area (Å²) in [5.41, 5.74) is 2.83. The van der Waals surface area contributed by atoms with Crippen LogP contribution < -0.4 is 5.32 Å². The average molecular weight is 291 g/mol. The minimum absolute atomic E-state index is 0.0564. The van der Waals surface area contributed by atoms with E-state index in [4.69, 9.17) is 0 Å². The SMILES string of the molecule is CCn1nc(C(C)C)cc1C(=O)NCc1sccc1C. The number of carbonyl (C=O) groups is 1. The number of aromatic nitrogens is 2. The summed E-state index contributed by atoms with van der Waals surface area (Å²) >= 11 is 1.67. The maximum Gasteiger partial charge on any atom is 0.269 e. The van der Waals surface area contributed by atoms with Crippen LogP contribution in [-0.4, -0.2) is 15.7 Å². The van der Waals surface area contributed by atoms with E-state index in [1.165, 1.54) is 10.4 Å². The molecule has 5 heteroatoms. The Morgan fingerprint density at radius 3 is 2.80 bits per heavy atom. The van der Waals surface area contributed by atoms with Gasteiger partial charge >= 0.3 is 0 Å². The monoisotopic (exact) mass is 291 g/mol. The van der Waals surface area contributed by atoms with Crippen LogP contribution in [0.5, 0.6) is 0 Å². The van der Waals surface area contributed by atoms with Crippen molar-refractivity contribution in [3.8, 4) is 0 Å². The van der Waals surface area contributed by atoms with Crippen molar-refractivity contribution >= 4 is 17.2 Å². The first-order valence-electron chi connectivity index (χ1n) is 6.91. The van der Waals surface area contributed by atoms with E-state index in [0.717, 1.165) is 5.69 Å². The van der Waals surface area contributed by atoms with E-state index >= 15 is 0 Å². The van der Waals surface area contributed by atoms with E-state index in [1.54, 1.807) is 16.0 Å². The van der Waals surface area contributed by atoms with Crippen molar-refractivity contribution in [3.05, 3.63) is 39.3 Å². The van der Waals surface area contributed by atoms with Crippen LogP contribution in [0.25, 0.3) is 0 Å². The predicted molar refractivity (Wildman–Crippen MR) is 82.2 cm³/mol. The second kappa shape index (κ2) is 6.22. The van der Waals surface area contributed by atoms with Crippen molar-refractivity contribution in [2.45, 2.75) is 46.7 Å². The highest BCUT2D eigenvalue weighted by atomic mass is 32.1. The molecule has 0 aliphatic heterocycles. The van der Waals surface area contributed by atoms with Gasteiger partial charge in [0.1, 0.15) is 5.69 Å². The van der Waals surface area contributed by atoms with Gasteiger partial charge in [-0.15, -0.1) is 11.3 Å². The molecule has 0 saturated heterocycles. The number of hydrogen-bond donors (Lipinski definition) is 1. The fraction of sp³-hybridized carbons (Fsp3) is 0.467. The van der Waals surface area contributed by atoms with Crippen LogP contribution in [0.15, 0.2) is 17.5 Å². The van der Waals surface area contributed by atoms with Crippen molar-refractivity contribution in [1.82, 2.24) is 15.1 Å². The molecule has 108 valence electrons. The fourth-order valence-electron chi connectivity index (χ4n) is 1.98. The lowest BCUT2D eigenvalue weighted by molar-refractivity contribution is 0.0940. The predicted octanol–water partition coefficient (Wildman–Crippen LogP) is 3.33. The summed E-state index contributed by atoms with van der Waals surface area (Å²) < 4.78 is 1.77. The Labute approximate surface area is 123 Å². The van der Waals surface area contributed by atoms with Crippen molar-refractivity contribution in [1.29, 1.82) is 0 Å². The summed E-state index contributed by atoms with van der Waals surface area (Å²) in [6, 6.07) is 3.96. The summed E-state index contributed by atoms with van der Waals surface area (Å²) in [5, 5.41) is 9.50. The molecule has 0 bridgehead atoms. The zero-order valence-electron chi connectivity index (χ0n) is 12.4. The van der Waals surface area contributed by atoms with E-state index in [1.807, 2.05) is 18.4 Å². The quantitative estimate of drug-likeness (QED) is 0.918. The van der Waals surface area contributed by atoms with E-state index in [0.29, 0.717) is 24.7 Å². The third-order valence-electron chi connectivity index (χ3n) is 3.30. The standard InChI is InChI=1S/C15H21N3OS/c1-5-18-13(8-12(17-18)10(2)3)15(19)16-9-14-11(4)6-7-20-14/h6-8,10H,5,9H2,1-4H3,(H,16,19). The largest absolute Gasteiger partial charge is 0.346 e. The molecule has 2 aromatic heterocycles. The Bertz CT molecular complexity index is 598. The van der Waals surface area contributed by atoms with Crippen LogP contribution in [0.4, 0.5) is 0 Å². The molecule has 0 spiro atoms. The molecule has 0 saturated carbocycles. The molecule has 2 rings (SSSR count). The van der Waals surface area contributed by atoms with Gasteiger partial charge in [0.25, 0.3) is 5.91 Å². The summed E-state index contributed by atoms with van der Waals surface area (Å²) in [4.78, 5) is 13.5. The molecule has 2 aromatic rings. The van der Waals surface area contributed by atoms with Gasteiger partial charge < -0.3 is 5.32 Å². The molecule has 1 amide bonds. The number of nitrogens with zero attached hydrogens (tertiary/aromatic N) is 2. The van der Waals surface area contributed by atoms with E-state index in [2.05, 4.69) is 37.3 Å². The molecule has 20 heavy (non-hydrogen) atoms. The topological polar surface area (TPSA) is 46.9 Å². The van der Waals surface area contributed by atoms with Crippen LogP contribution in [0.3, 0.4) is 0 Å². The summed E-state index contributed by atoms with van der Waals surface area (Å²) in [6.45, 7) is 9.50. The third-order valence-corrected chi connectivity index (χ3v) is 4.32. The van der Waals surface area contributed by atoms with Gasteiger partial charge in [-0.05, 0) is 42.8 Å². The van der Waals surface area contributed by atoms with Crippen molar-refractivity contribution in [3.63, 3.8) is 0 Å². The van der Waals surface area contributed by atoms with Crippen molar-refractivity contribution < 1.29 is 4.79 Å². The molecule has 1 N–H and O–H groups in total. The first-order chi connectivity index (χ1) is 9.52. The number of thiophene rings is 1. The van der Waals surface area contributed by atoms with Gasteiger partial charge in [-0.3, -0.25) is 9.48 Å². The van der Waals surface area contributed by atoms with E-state index in [9.17, 15) is 4.79 Å². The van der Waals surface area contributed by atoms with E-state index in [-0.39, 0.29) is 5.91 Å². The third kappa shape index (κ3) is 3.10. The maximum absolute atomic E-state index is 12.3. The smallest absolute Gasteiger partial charge is 0.269 e. The first-order valence-corrected chi connectivity index (χ1v) is 7.79. The molecule has 0 aliphatic carbocycles. The molecule has 0 radical (unpaired) electrons. The lowest BCUT2D eigenvalue weighted by atomic mass is 10.1. The summed E-state index contributed by atoms with van der Waals surface area (Å²) in [5.74, 6) is 0.271. The average Bonchev–Trinajstić information content (AvgIpc) is 3.02. The highest BCUT2D eigenvalue weighted by Gasteiger charge is 2.16. The summed E-state index contributed by atoms with van der Waals surface area (Å²) in [6.07, 6.45) is 0. The molecule has 0 unspecified atom stereocenters. The van der Waals surface area contributed by atoms with Gasteiger partial charge in [0.05, 0.1) is 12.2 Å². The minimum atomic E-state index is -0.0564. The molecule has 4 nitrogen and oxygen atoms in total. The molecule has 2 heterocycles. The van der Waals surface area contributed by atoms with Crippen LogP contribution in [0.1, 0.15) is 53.3 Å². The molecule has 0 fully saturated rings. The molecule has 0 aliphatic rings. The Balaban J connectivity index is 2.10. The van der Waals surface area contributed by atoms with Crippen LogP contribution in [0.2, 0.25) is 0 Å². The minimum Gasteiger partial charge on any atom is -0.346 e. The second-order valence-corrected chi connectivity index (χ2v) is 6.14. The Kier molecular flexibility index (Phi) is 4.60. The van der Waals surface area contributed by atoms with E-state index < -0.39 is 0 Å². The number of amides is 1. The lowest BCUT2D eigenvalue weighted by Crippen LogP contribution is -2.25. The highest BCUT2D eigenvalue weighted by molar-refractivity contribution is 7.10. The normalized spacial score (nSPS) is 11.1. The molecular formula is C15H21N3OS. The number of aryl methyl sites for hydroxylation is 2. The number of hydrogen-bond acceptors (Lipinski definition) is 3. The Hall–Kier alpha value is -1.62. The zero-order chi connectivity index (χ0) is 14.7. The van der Waals surface area contributed by atoms with Crippen LogP contribution in [-0.2, 0) is 13.1 Å². The number of carbonyl (C=O) groups excluding carboxylic acids is 1. The molecular weight excluding hydrogens is 270 g/mol. The highest BCUT2D eigenvalue weighted by Crippen LogP contribution is 2.17. The van der Waals surface area contributed by atoms with Crippen molar-refractivity contribution in [2.24, 2.45) is 0 Å². The summed E-state index contributed by atoms with van der Waals surface area (Å²) in [7, 11) is 0. The van der Waals surface area contributed by atoms with Gasteiger partial charge in [0.2, 0.25) is 0 Å². The van der Waals surface area contributed by atoms with Crippen LogP contribution in [0, 0.1) is 6.92 Å². The van der Waals surface area contributed by atoms with Gasteiger partial charge in [-0.2, -0.15) is 5.10 Å². The fourth-order valence-corrected chi connectivity index (χ4v) is 2.82. The lowest BCUT2D eigenvalue weighted by Gasteiger charge is -2.06. The molecule has 0 aromatic carbocycles. The zero-order valence-corrected chi connectivity index (χ0v) is 13.3.